The number of hydrazine groups is 1. The van der Waals surface area contributed by atoms with Crippen LogP contribution in [0.25, 0.3) is 0 Å². The minimum absolute atomic E-state index is 0. The number of fused-ring (bicyclic) bond motifs is 2. The van der Waals surface area contributed by atoms with E-state index in [9.17, 15) is 80.4 Å². The highest BCUT2D eigenvalue weighted by molar-refractivity contribution is 7.90. The van der Waals surface area contributed by atoms with Crippen LogP contribution in [0.15, 0.2) is 182 Å². The summed E-state index contributed by atoms with van der Waals surface area (Å²) in [5.74, 6) is 7.64. The van der Waals surface area contributed by atoms with Crippen LogP contribution in [0.5, 0.6) is 0 Å². The molecule has 0 bridgehead atoms. The number of hydrogen-bond acceptors (Lipinski definition) is 29. The lowest BCUT2D eigenvalue weighted by atomic mass is 9.91. The molecule has 0 saturated carbocycles. The Morgan fingerprint density at radius 1 is 0.331 bits per heavy atom. The summed E-state index contributed by atoms with van der Waals surface area (Å²) in [5, 5.41) is 16.2. The first-order valence-corrected chi connectivity index (χ1v) is 54.6. The monoisotopic (exact) mass is 2220 g/mol. The fraction of sp³-hybridized carbons (Fsp3) is 0.484. The molecule has 5 aromatic carbocycles. The van der Waals surface area contributed by atoms with Gasteiger partial charge in [-0.1, -0.05) is 92.6 Å². The van der Waals surface area contributed by atoms with Crippen molar-refractivity contribution in [2.24, 2.45) is 11.7 Å². The Balaban J connectivity index is 0.000000276. The minimum atomic E-state index is -3.99. The normalized spacial score (nSPS) is 20.5. The van der Waals surface area contributed by atoms with Gasteiger partial charge in [0.25, 0.3) is 0 Å². The zero-order valence-corrected chi connectivity index (χ0v) is 92.0. The third-order valence-corrected chi connectivity index (χ3v) is 34.4. The van der Waals surface area contributed by atoms with Crippen molar-refractivity contribution in [3.63, 3.8) is 0 Å². The Kier molecular flexibility index (Phi) is 47.0. The number of carbonyl (C=O) groups excluding carboxylic acids is 8. The van der Waals surface area contributed by atoms with Crippen molar-refractivity contribution < 1.29 is 110 Å². The maximum atomic E-state index is 13.6. The van der Waals surface area contributed by atoms with E-state index in [1.165, 1.54) is 185 Å². The Morgan fingerprint density at radius 2 is 0.552 bits per heavy atom. The molecule has 12 rings (SSSR count). The van der Waals surface area contributed by atoms with Crippen LogP contribution in [-0.2, 0) is 101 Å². The first kappa shape index (κ1) is 124. The van der Waals surface area contributed by atoms with Crippen molar-refractivity contribution >= 4 is 156 Å². The predicted octanol–water partition coefficient (Wildman–Crippen LogP) is 11.4. The Hall–Kier alpha value is -10.2. The van der Waals surface area contributed by atoms with Crippen molar-refractivity contribution in [3.05, 3.63) is 205 Å². The van der Waals surface area contributed by atoms with Gasteiger partial charge in [0.05, 0.1) is 85.2 Å². The van der Waals surface area contributed by atoms with Crippen LogP contribution >= 0.6 is 58.0 Å². The smallest absolute Gasteiger partial charge is 0.409 e. The Bertz CT molecular complexity index is 5980. The predicted molar refractivity (Wildman–Crippen MR) is 548 cm³/mol. The number of carbonyl (C=O) groups is 8. The molecule has 52 heteroatoms. The zero-order valence-electron chi connectivity index (χ0n) is 84.2. The number of amides is 5. The quantitative estimate of drug-likeness (QED) is 0.0161. The van der Waals surface area contributed by atoms with Gasteiger partial charge in [0.1, 0.15) is 38.8 Å². The van der Waals surface area contributed by atoms with Crippen LogP contribution < -0.4 is 11.7 Å². The molecule has 802 valence electrons. The first-order chi connectivity index (χ1) is 67.6. The molecule has 145 heavy (non-hydrogen) atoms. The molecule has 0 spiro atoms. The summed E-state index contributed by atoms with van der Waals surface area (Å²) >= 11 is 29.5. The highest BCUT2D eigenvalue weighted by Gasteiger charge is 2.51. The summed E-state index contributed by atoms with van der Waals surface area (Å²) < 4.78 is 168. The molecule has 2 aromatic heterocycles. The van der Waals surface area contributed by atoms with Crippen molar-refractivity contribution in [3.8, 4) is 0 Å². The molecule has 5 aliphatic heterocycles. The van der Waals surface area contributed by atoms with Gasteiger partial charge >= 0.3 is 30.5 Å². The van der Waals surface area contributed by atoms with Crippen molar-refractivity contribution in [1.29, 1.82) is 0 Å². The Labute approximate surface area is 873 Å². The third-order valence-electron chi connectivity index (χ3n) is 23.2. The molecular weight excluding hydrogens is 2090 g/mol. The second kappa shape index (κ2) is 55.2. The highest BCUT2D eigenvalue weighted by Crippen LogP contribution is 2.43. The van der Waals surface area contributed by atoms with Gasteiger partial charge in [-0.15, -0.1) is 0 Å². The number of ether oxygens (including phenoxy) is 5. The molecule has 0 aliphatic carbocycles. The zero-order chi connectivity index (χ0) is 108. The molecular formula is C93H131Cl5N18O24S5. The molecule has 5 amide bonds. The standard InChI is InChI=1S/2C20H28ClN3O5S.2C18H23ClN4O4S.C17H23ClN2O5S.H4N2.H2O/c1-6-18-17(12-22(2)3)19(25)11-15(13-29-20(26)23(4)5)24(18)30(27,28)16-9-7-14(21)8-10-16;1-6-15-11-19(25)17(12-22(2)3)18(13-29-20(26)23(4)5)24(15)30(27,28)16-9-7-14(21)8-10-16;2*1-4-17-15-10-20-21-16(15)9-13(11-27-18(24)22(2)3)23(17)28(25,26)14-7-5-12(19)6-8-14;1-4-13-9-15(21)10-14(11-25-17(22)19(2)3)20(13)26(23,24)16-7-5-12(18)6-8-16;1-2;/h2*7-10,12,15,18H,6,11,13H2,1-5H3;2*5-8,10,13,17H,4,9,11H2,1-3H3,(H,20,21);5-8,13-14H,4,9-11H2,1-3H3;1-2H2;1H2/b2*17-12-;;;;;/t;;13-,17+;13-,17-;;;/m..01.../s1. The number of ketones is 3. The fourth-order valence-electron chi connectivity index (χ4n) is 16.4. The van der Waals surface area contributed by atoms with Gasteiger partial charge in [-0.3, -0.25) is 36.3 Å². The second-order valence-corrected chi connectivity index (χ2v) is 46.5. The van der Waals surface area contributed by atoms with Crippen LogP contribution in [0.3, 0.4) is 0 Å². The molecule has 6 unspecified atom stereocenters. The number of aromatic nitrogens is 4. The molecule has 0 radical (unpaired) electrons. The average Bonchev–Trinajstić information content (AvgIpc) is 1.65. The van der Waals surface area contributed by atoms with Gasteiger partial charge in [0.2, 0.25) is 50.1 Å². The number of aromatic amines is 2. The van der Waals surface area contributed by atoms with E-state index in [-0.39, 0.29) is 112 Å². The molecule has 8 N–H and O–H groups in total. The number of H-pyrrole nitrogens is 2. The van der Waals surface area contributed by atoms with E-state index >= 15 is 0 Å². The maximum absolute atomic E-state index is 13.6. The summed E-state index contributed by atoms with van der Waals surface area (Å²) in [6.45, 7) is 8.53. The lowest BCUT2D eigenvalue weighted by Crippen LogP contribution is -2.55. The van der Waals surface area contributed by atoms with Crippen molar-refractivity contribution in [2.75, 3.05) is 132 Å². The lowest BCUT2D eigenvalue weighted by molar-refractivity contribution is -0.124. The number of rotatable bonds is 27. The number of benzene rings is 5. The maximum Gasteiger partial charge on any atom is 0.409 e. The van der Waals surface area contributed by atoms with E-state index in [1.54, 1.807) is 115 Å². The van der Waals surface area contributed by atoms with Crippen LogP contribution in [0, 0.1) is 0 Å². The van der Waals surface area contributed by atoms with E-state index in [4.69, 9.17) is 81.7 Å². The molecule has 10 atom stereocenters. The summed E-state index contributed by atoms with van der Waals surface area (Å²) in [4.78, 5) is 107. The van der Waals surface area contributed by atoms with Crippen molar-refractivity contribution in [1.82, 2.24) is 76.2 Å². The van der Waals surface area contributed by atoms with E-state index in [0.717, 1.165) is 22.5 Å². The topological polar surface area (TPSA) is 533 Å². The van der Waals surface area contributed by atoms with Crippen LogP contribution in [0.1, 0.15) is 127 Å². The van der Waals surface area contributed by atoms with Crippen LogP contribution in [0.4, 0.5) is 24.0 Å². The number of Topliss-reactive ketones (excluding diaryl/α,β-unsaturated/α-hetero) is 3. The molecule has 7 aromatic rings. The van der Waals surface area contributed by atoms with Gasteiger partial charge in [0.15, 0.2) is 11.6 Å². The summed E-state index contributed by atoms with van der Waals surface area (Å²) in [6.07, 6.45) is 7.03. The number of hydrogen-bond donors (Lipinski definition) is 4. The van der Waals surface area contributed by atoms with Crippen LogP contribution in [0.2, 0.25) is 25.1 Å². The van der Waals surface area contributed by atoms with E-state index in [1.807, 2.05) is 34.6 Å². The van der Waals surface area contributed by atoms with E-state index < -0.39 is 141 Å². The van der Waals surface area contributed by atoms with Gasteiger partial charge in [-0.05, 0) is 153 Å². The summed E-state index contributed by atoms with van der Waals surface area (Å²) in [7, 11) is 2.98. The molecule has 42 nitrogen and oxygen atoms in total. The van der Waals surface area contributed by atoms with Gasteiger partial charge in [-0.25, -0.2) is 66.1 Å². The van der Waals surface area contributed by atoms with Gasteiger partial charge in [-0.2, -0.15) is 31.7 Å². The number of nitrogens with zero attached hydrogens (tertiary/aromatic N) is 14. The minimum Gasteiger partial charge on any atom is -0.448 e. The molecule has 3 fully saturated rings. The fourth-order valence-corrected chi connectivity index (χ4v) is 26.3. The summed E-state index contributed by atoms with van der Waals surface area (Å²) in [6, 6.07) is 23.6. The number of nitrogens with one attached hydrogen (secondary N) is 2. The largest absolute Gasteiger partial charge is 0.448 e. The summed E-state index contributed by atoms with van der Waals surface area (Å²) in [5.41, 5.74) is 4.11. The first-order valence-electron chi connectivity index (χ1n) is 45.5. The number of sulfonamides is 5. The number of piperidine rings is 3. The van der Waals surface area contributed by atoms with Crippen LogP contribution in [-0.4, -0.2) is 352 Å². The lowest BCUT2D eigenvalue weighted by Gasteiger charge is -2.41. The average molecular weight is 2220 g/mol. The van der Waals surface area contributed by atoms with Gasteiger partial charge < -0.3 is 63.5 Å². The molecule has 3 saturated heterocycles. The van der Waals surface area contributed by atoms with Gasteiger partial charge in [0, 0.05) is 220 Å². The van der Waals surface area contributed by atoms with Crippen molar-refractivity contribution in [2.45, 2.75) is 190 Å². The van der Waals surface area contributed by atoms with E-state index in [2.05, 4.69) is 32.1 Å². The Morgan fingerprint density at radius 3 is 0.814 bits per heavy atom. The third kappa shape index (κ3) is 31.7. The molecule has 7 heterocycles. The SMILES string of the molecule is CCC1/C(=C/N(C)C)C(=O)CC(COC(=O)N(C)C)N1S(=O)(=O)c1ccc(Cl)cc1.CCC1CC(=O)/C(=C\N(C)C)C(COC(=O)N(C)C)N1S(=O)(=O)c1ccc(Cl)cc1.CCC1CC(=O)CC(COC(=O)N(C)C)N1S(=O)(=O)c1ccc(Cl)cc1.CC[C@@H]1c2cn[nH]c2C[C@@H](COC(=O)N(C)C)N1S(=O)(=O)c1ccc(Cl)cc1.CC[C@@H]1c2cn[nH]c2C[C@H](COC(=O)N(C)C)N1S(=O)(=O)c1ccc(Cl)cc1.NN.O. The van der Waals surface area contributed by atoms with E-state index in [0.29, 0.717) is 75.6 Å². The molecule has 5 aliphatic rings. The number of nitrogens with two attached hydrogens (primary N) is 2. The second-order valence-electron chi connectivity index (χ2n) is 35.1. The number of halogens is 5. The highest BCUT2D eigenvalue weighted by atomic mass is 35.5.